The molecule has 1 rings (SSSR count). The Kier molecular flexibility index (Phi) is 5.69. The molecule has 0 saturated heterocycles. The first kappa shape index (κ1) is 14.6. The van der Waals surface area contributed by atoms with Crippen molar-refractivity contribution in [2.24, 2.45) is 0 Å². The Bertz CT molecular complexity index is 397. The number of carbonyl (C=O) groups is 1. The van der Waals surface area contributed by atoms with E-state index in [4.69, 9.17) is 9.47 Å². The molecule has 0 heterocycles. The van der Waals surface area contributed by atoms with Crippen LogP contribution >= 0.6 is 0 Å². The molecule has 0 aliphatic rings. The van der Waals surface area contributed by atoms with Gasteiger partial charge in [-0.1, -0.05) is 24.6 Å². The van der Waals surface area contributed by atoms with Crippen LogP contribution in [0.25, 0.3) is 0 Å². The summed E-state index contributed by atoms with van der Waals surface area (Å²) in [5.74, 6) is 0.570. The number of hydrogen-bond donors (Lipinski definition) is 0. The number of aryl methyl sites for hydroxylation is 1. The highest BCUT2D eigenvalue weighted by atomic mass is 16.5. The van der Waals surface area contributed by atoms with Gasteiger partial charge in [-0.2, -0.15) is 0 Å². The van der Waals surface area contributed by atoms with E-state index in [1.165, 1.54) is 0 Å². The predicted octanol–water partition coefficient (Wildman–Crippen LogP) is 3.28. The molecule has 0 aromatic heterocycles. The Morgan fingerprint density at radius 3 is 2.67 bits per heavy atom. The monoisotopic (exact) mass is 250 g/mol. The first-order valence-electron chi connectivity index (χ1n) is 6.44. The quantitative estimate of drug-likeness (QED) is 0.727. The van der Waals surface area contributed by atoms with Gasteiger partial charge >= 0.3 is 5.97 Å². The molecular weight excluding hydrogens is 228 g/mol. The molecule has 0 fully saturated rings. The van der Waals surface area contributed by atoms with Crippen LogP contribution in [0.2, 0.25) is 0 Å². The van der Waals surface area contributed by atoms with Crippen molar-refractivity contribution in [3.05, 3.63) is 29.3 Å². The van der Waals surface area contributed by atoms with Crippen LogP contribution in [0.15, 0.2) is 18.2 Å². The van der Waals surface area contributed by atoms with Crippen molar-refractivity contribution in [2.45, 2.75) is 46.6 Å². The van der Waals surface area contributed by atoms with E-state index in [0.717, 1.165) is 23.3 Å². The molecule has 1 aromatic carbocycles. The van der Waals surface area contributed by atoms with E-state index in [1.807, 2.05) is 39.0 Å². The van der Waals surface area contributed by atoms with Crippen LogP contribution in [-0.2, 0) is 16.0 Å². The van der Waals surface area contributed by atoms with Gasteiger partial charge in [0.2, 0.25) is 0 Å². The van der Waals surface area contributed by atoms with Crippen LogP contribution in [0, 0.1) is 6.92 Å². The van der Waals surface area contributed by atoms with Crippen molar-refractivity contribution in [3.8, 4) is 5.75 Å². The minimum atomic E-state index is -0.211. The number of esters is 1. The Morgan fingerprint density at radius 1 is 1.33 bits per heavy atom. The van der Waals surface area contributed by atoms with E-state index in [9.17, 15) is 4.79 Å². The molecule has 3 heteroatoms. The molecule has 0 unspecified atom stereocenters. The molecular formula is C15H22O3. The summed E-state index contributed by atoms with van der Waals surface area (Å²) in [7, 11) is 0. The topological polar surface area (TPSA) is 35.5 Å². The molecule has 0 atom stereocenters. The highest BCUT2D eigenvalue weighted by Crippen LogP contribution is 2.21. The summed E-state index contributed by atoms with van der Waals surface area (Å²) in [6.45, 7) is 8.42. The molecule has 0 aliphatic carbocycles. The largest absolute Gasteiger partial charge is 0.493 e. The van der Waals surface area contributed by atoms with Crippen molar-refractivity contribution >= 4 is 5.97 Å². The molecule has 0 spiro atoms. The molecule has 0 N–H and O–H groups in total. The molecule has 0 aliphatic heterocycles. The summed E-state index contributed by atoms with van der Waals surface area (Å²) in [5, 5.41) is 0. The SMILES string of the molecule is CCCOc1ccc(C)cc1CC(=O)OC(C)C. The summed E-state index contributed by atoms with van der Waals surface area (Å²) in [6.07, 6.45) is 1.13. The Hall–Kier alpha value is -1.51. The smallest absolute Gasteiger partial charge is 0.310 e. The van der Waals surface area contributed by atoms with Gasteiger partial charge in [0.25, 0.3) is 0 Å². The number of hydrogen-bond acceptors (Lipinski definition) is 3. The zero-order valence-corrected chi connectivity index (χ0v) is 11.7. The Balaban J connectivity index is 2.78. The van der Waals surface area contributed by atoms with Crippen LogP contribution in [0.1, 0.15) is 38.3 Å². The summed E-state index contributed by atoms with van der Waals surface area (Å²) in [4.78, 5) is 11.7. The van der Waals surface area contributed by atoms with Gasteiger partial charge in [-0.25, -0.2) is 0 Å². The van der Waals surface area contributed by atoms with Gasteiger partial charge in [0, 0.05) is 5.56 Å². The fourth-order valence-electron chi connectivity index (χ4n) is 1.66. The Labute approximate surface area is 109 Å². The molecule has 3 nitrogen and oxygen atoms in total. The maximum absolute atomic E-state index is 11.7. The van der Waals surface area contributed by atoms with E-state index in [2.05, 4.69) is 6.92 Å². The van der Waals surface area contributed by atoms with E-state index in [0.29, 0.717) is 6.61 Å². The van der Waals surface area contributed by atoms with Crippen LogP contribution in [0.4, 0.5) is 0 Å². The zero-order valence-electron chi connectivity index (χ0n) is 11.7. The number of ether oxygens (including phenoxy) is 2. The lowest BCUT2D eigenvalue weighted by Crippen LogP contribution is -2.14. The highest BCUT2D eigenvalue weighted by molar-refractivity contribution is 5.73. The zero-order chi connectivity index (χ0) is 13.5. The first-order chi connectivity index (χ1) is 8.52. The maximum Gasteiger partial charge on any atom is 0.310 e. The minimum Gasteiger partial charge on any atom is -0.493 e. The van der Waals surface area contributed by atoms with E-state index >= 15 is 0 Å². The fraction of sp³-hybridized carbons (Fsp3) is 0.533. The molecule has 1 aromatic rings. The number of carbonyl (C=O) groups excluding carboxylic acids is 1. The van der Waals surface area contributed by atoms with E-state index in [1.54, 1.807) is 0 Å². The van der Waals surface area contributed by atoms with Gasteiger partial charge in [-0.05, 0) is 33.3 Å². The molecule has 100 valence electrons. The lowest BCUT2D eigenvalue weighted by Gasteiger charge is -2.13. The van der Waals surface area contributed by atoms with Crippen molar-refractivity contribution < 1.29 is 14.3 Å². The minimum absolute atomic E-state index is 0.0812. The highest BCUT2D eigenvalue weighted by Gasteiger charge is 2.11. The average Bonchev–Trinajstić information content (AvgIpc) is 2.26. The third kappa shape index (κ3) is 4.78. The fourth-order valence-corrected chi connectivity index (χ4v) is 1.66. The van der Waals surface area contributed by atoms with Crippen LogP contribution in [0.3, 0.4) is 0 Å². The van der Waals surface area contributed by atoms with Crippen LogP contribution in [-0.4, -0.2) is 18.7 Å². The van der Waals surface area contributed by atoms with Gasteiger partial charge in [-0.15, -0.1) is 0 Å². The predicted molar refractivity (Wildman–Crippen MR) is 71.9 cm³/mol. The van der Waals surface area contributed by atoms with Gasteiger partial charge in [-0.3, -0.25) is 4.79 Å². The molecule has 0 bridgehead atoms. The molecule has 0 radical (unpaired) electrons. The van der Waals surface area contributed by atoms with Gasteiger partial charge in [0.1, 0.15) is 5.75 Å². The van der Waals surface area contributed by atoms with Crippen molar-refractivity contribution in [3.63, 3.8) is 0 Å². The van der Waals surface area contributed by atoms with Crippen LogP contribution in [0.5, 0.6) is 5.75 Å². The van der Waals surface area contributed by atoms with Crippen LogP contribution < -0.4 is 4.74 Å². The molecule has 0 saturated carbocycles. The van der Waals surface area contributed by atoms with Crippen molar-refractivity contribution in [1.82, 2.24) is 0 Å². The van der Waals surface area contributed by atoms with Gasteiger partial charge in [0.05, 0.1) is 19.1 Å². The Morgan fingerprint density at radius 2 is 2.06 bits per heavy atom. The second-order valence-corrected chi connectivity index (χ2v) is 4.68. The summed E-state index contributed by atoms with van der Waals surface area (Å²) >= 11 is 0. The standard InChI is InChI=1S/C15H22O3/c1-5-8-17-14-7-6-12(4)9-13(14)10-15(16)18-11(2)3/h6-7,9,11H,5,8,10H2,1-4H3. The summed E-state index contributed by atoms with van der Waals surface area (Å²) in [5.41, 5.74) is 2.01. The second kappa shape index (κ2) is 7.04. The number of benzene rings is 1. The van der Waals surface area contributed by atoms with Crippen molar-refractivity contribution in [1.29, 1.82) is 0 Å². The van der Waals surface area contributed by atoms with Gasteiger partial charge < -0.3 is 9.47 Å². The lowest BCUT2D eigenvalue weighted by molar-refractivity contribution is -0.146. The molecule has 18 heavy (non-hydrogen) atoms. The lowest BCUT2D eigenvalue weighted by atomic mass is 10.1. The third-order valence-corrected chi connectivity index (χ3v) is 2.38. The van der Waals surface area contributed by atoms with Gasteiger partial charge in [0.15, 0.2) is 0 Å². The molecule has 0 amide bonds. The number of rotatable bonds is 6. The van der Waals surface area contributed by atoms with Crippen molar-refractivity contribution in [2.75, 3.05) is 6.61 Å². The normalized spacial score (nSPS) is 10.5. The maximum atomic E-state index is 11.7. The summed E-state index contributed by atoms with van der Waals surface area (Å²) in [6, 6.07) is 5.89. The first-order valence-corrected chi connectivity index (χ1v) is 6.44. The third-order valence-electron chi connectivity index (χ3n) is 2.38. The average molecular weight is 250 g/mol. The van der Waals surface area contributed by atoms with E-state index < -0.39 is 0 Å². The van der Waals surface area contributed by atoms with E-state index in [-0.39, 0.29) is 18.5 Å². The second-order valence-electron chi connectivity index (χ2n) is 4.68. The summed E-state index contributed by atoms with van der Waals surface area (Å²) < 4.78 is 10.8.